The average Bonchev–Trinajstić information content (AvgIpc) is 2.48. The summed E-state index contributed by atoms with van der Waals surface area (Å²) >= 11 is 0. The van der Waals surface area contributed by atoms with Crippen molar-refractivity contribution >= 4 is 11.7 Å². The summed E-state index contributed by atoms with van der Waals surface area (Å²) in [6.45, 7) is 1.58. The van der Waals surface area contributed by atoms with Gasteiger partial charge >= 0.3 is 0 Å². The molecule has 0 aliphatic rings. The SMILES string of the molecule is C[NH+](C)CCOc1ccc(-c2ccc(N)c(C(=O)[O-])c2)cc1. The quantitative estimate of drug-likeness (QED) is 0.726. The van der Waals surface area contributed by atoms with Crippen molar-refractivity contribution in [1.29, 1.82) is 0 Å². The largest absolute Gasteiger partial charge is 0.545 e. The van der Waals surface area contributed by atoms with E-state index in [1.807, 2.05) is 24.3 Å². The molecule has 0 radical (unpaired) electrons. The van der Waals surface area contributed by atoms with Gasteiger partial charge in [-0.05, 0) is 35.4 Å². The number of rotatable bonds is 6. The summed E-state index contributed by atoms with van der Waals surface area (Å²) in [5.41, 5.74) is 7.51. The minimum absolute atomic E-state index is 0.00628. The number of nitrogen functional groups attached to an aromatic ring is 1. The van der Waals surface area contributed by atoms with Crippen LogP contribution in [-0.2, 0) is 0 Å². The second kappa shape index (κ2) is 6.95. The minimum atomic E-state index is -1.27. The molecule has 0 bridgehead atoms. The number of carbonyl (C=O) groups is 1. The lowest BCUT2D eigenvalue weighted by atomic mass is 10.0. The molecule has 5 nitrogen and oxygen atoms in total. The Morgan fingerprint density at radius 2 is 1.77 bits per heavy atom. The first kappa shape index (κ1) is 15.9. The molecule has 0 heterocycles. The molecule has 22 heavy (non-hydrogen) atoms. The summed E-state index contributed by atoms with van der Waals surface area (Å²) < 4.78 is 5.64. The molecule has 116 valence electrons. The van der Waals surface area contributed by atoms with Gasteiger partial charge in [0.25, 0.3) is 0 Å². The number of nitrogens with one attached hydrogen (secondary N) is 1. The van der Waals surface area contributed by atoms with Crippen molar-refractivity contribution in [3.05, 3.63) is 48.0 Å². The lowest BCUT2D eigenvalue weighted by Crippen LogP contribution is -3.06. The van der Waals surface area contributed by atoms with Gasteiger partial charge < -0.3 is 25.3 Å². The number of hydrogen-bond donors (Lipinski definition) is 2. The summed E-state index contributed by atoms with van der Waals surface area (Å²) in [5, 5.41) is 11.0. The van der Waals surface area contributed by atoms with E-state index in [0.29, 0.717) is 6.61 Å². The van der Waals surface area contributed by atoms with Gasteiger partial charge in [-0.25, -0.2) is 0 Å². The van der Waals surface area contributed by atoms with Gasteiger partial charge in [0.1, 0.15) is 18.9 Å². The maximum atomic E-state index is 11.0. The predicted octanol–water partition coefficient (Wildman–Crippen LogP) is -0.177. The van der Waals surface area contributed by atoms with Crippen LogP contribution in [-0.4, -0.2) is 33.2 Å². The molecule has 0 fully saturated rings. The van der Waals surface area contributed by atoms with Gasteiger partial charge in [-0.2, -0.15) is 0 Å². The number of carbonyl (C=O) groups excluding carboxylic acids is 1. The molecule has 2 rings (SSSR count). The minimum Gasteiger partial charge on any atom is -0.545 e. The lowest BCUT2D eigenvalue weighted by molar-refractivity contribution is -0.858. The van der Waals surface area contributed by atoms with E-state index in [9.17, 15) is 9.90 Å². The third-order valence-corrected chi connectivity index (χ3v) is 3.33. The number of nitrogens with two attached hydrogens (primary N) is 1. The Bertz CT molecular complexity index is 651. The summed E-state index contributed by atoms with van der Waals surface area (Å²) in [7, 11) is 4.14. The average molecular weight is 300 g/mol. The van der Waals surface area contributed by atoms with Crippen LogP contribution in [0.3, 0.4) is 0 Å². The first-order valence-corrected chi connectivity index (χ1v) is 7.10. The molecule has 0 spiro atoms. The molecule has 2 aromatic rings. The van der Waals surface area contributed by atoms with Crippen LogP contribution < -0.4 is 20.5 Å². The number of carboxylic acids is 1. The van der Waals surface area contributed by atoms with Crippen LogP contribution in [0.5, 0.6) is 5.75 Å². The molecular weight excluding hydrogens is 280 g/mol. The van der Waals surface area contributed by atoms with Crippen molar-refractivity contribution in [2.24, 2.45) is 0 Å². The molecule has 3 N–H and O–H groups in total. The number of likely N-dealkylation sites (N-methyl/N-ethyl adjacent to an activating group) is 1. The van der Waals surface area contributed by atoms with E-state index in [-0.39, 0.29) is 11.3 Å². The van der Waals surface area contributed by atoms with E-state index in [1.54, 1.807) is 12.1 Å². The molecule has 0 saturated carbocycles. The third kappa shape index (κ3) is 3.99. The van der Waals surface area contributed by atoms with Crippen LogP contribution in [0.25, 0.3) is 11.1 Å². The zero-order chi connectivity index (χ0) is 16.1. The number of benzene rings is 2. The zero-order valence-corrected chi connectivity index (χ0v) is 12.8. The summed E-state index contributed by atoms with van der Waals surface area (Å²) in [5.74, 6) is -0.481. The fourth-order valence-electron chi connectivity index (χ4n) is 2.03. The van der Waals surface area contributed by atoms with Gasteiger partial charge in [-0.15, -0.1) is 0 Å². The van der Waals surface area contributed by atoms with E-state index >= 15 is 0 Å². The molecular formula is C17H20N2O3. The Kier molecular flexibility index (Phi) is 5.01. The Morgan fingerprint density at radius 3 is 2.36 bits per heavy atom. The second-order valence-electron chi connectivity index (χ2n) is 5.42. The lowest BCUT2D eigenvalue weighted by Gasteiger charge is -2.11. The van der Waals surface area contributed by atoms with Crippen molar-refractivity contribution in [3.8, 4) is 16.9 Å². The summed E-state index contributed by atoms with van der Waals surface area (Å²) in [4.78, 5) is 12.3. The molecule has 2 aromatic carbocycles. The van der Waals surface area contributed by atoms with E-state index in [4.69, 9.17) is 10.5 Å². The highest BCUT2D eigenvalue weighted by atomic mass is 16.5. The van der Waals surface area contributed by atoms with Gasteiger partial charge in [-0.3, -0.25) is 0 Å². The molecule has 0 saturated heterocycles. The predicted molar refractivity (Wildman–Crippen MR) is 83.8 cm³/mol. The first-order chi connectivity index (χ1) is 10.5. The van der Waals surface area contributed by atoms with Crippen molar-refractivity contribution in [2.75, 3.05) is 33.0 Å². The fraction of sp³-hybridized carbons (Fsp3) is 0.235. The van der Waals surface area contributed by atoms with E-state index < -0.39 is 5.97 Å². The fourth-order valence-corrected chi connectivity index (χ4v) is 2.03. The number of hydrogen-bond acceptors (Lipinski definition) is 4. The van der Waals surface area contributed by atoms with E-state index in [2.05, 4.69) is 14.1 Å². The third-order valence-electron chi connectivity index (χ3n) is 3.33. The second-order valence-corrected chi connectivity index (χ2v) is 5.42. The molecule has 0 aromatic heterocycles. The molecule has 0 aliphatic heterocycles. The van der Waals surface area contributed by atoms with E-state index in [1.165, 1.54) is 11.0 Å². The van der Waals surface area contributed by atoms with Crippen LogP contribution in [0.2, 0.25) is 0 Å². The highest BCUT2D eigenvalue weighted by Crippen LogP contribution is 2.25. The Morgan fingerprint density at radius 1 is 1.14 bits per heavy atom. The first-order valence-electron chi connectivity index (χ1n) is 7.10. The van der Waals surface area contributed by atoms with Gasteiger partial charge in [0.2, 0.25) is 0 Å². The van der Waals surface area contributed by atoms with Crippen molar-refractivity contribution in [1.82, 2.24) is 0 Å². The molecule has 0 amide bonds. The highest BCUT2D eigenvalue weighted by molar-refractivity contribution is 5.93. The molecule has 0 atom stereocenters. The van der Waals surface area contributed by atoms with Crippen molar-refractivity contribution in [3.63, 3.8) is 0 Å². The van der Waals surface area contributed by atoms with Gasteiger partial charge in [0.05, 0.1) is 20.1 Å². The number of carboxylic acid groups (broad SMARTS) is 1. The topological polar surface area (TPSA) is 79.8 Å². The van der Waals surface area contributed by atoms with E-state index in [0.717, 1.165) is 23.4 Å². The highest BCUT2D eigenvalue weighted by Gasteiger charge is 2.05. The smallest absolute Gasteiger partial charge is 0.137 e. The molecule has 5 heteroatoms. The van der Waals surface area contributed by atoms with Gasteiger partial charge in [0, 0.05) is 11.3 Å². The van der Waals surface area contributed by atoms with Crippen molar-refractivity contribution < 1.29 is 19.5 Å². The summed E-state index contributed by atoms with van der Waals surface area (Å²) in [6.07, 6.45) is 0. The van der Waals surface area contributed by atoms with Crippen LogP contribution in [0.4, 0.5) is 5.69 Å². The monoisotopic (exact) mass is 300 g/mol. The van der Waals surface area contributed by atoms with Crippen LogP contribution in [0, 0.1) is 0 Å². The Balaban J connectivity index is 2.13. The number of quaternary nitrogens is 1. The number of anilines is 1. The molecule has 0 aliphatic carbocycles. The Hall–Kier alpha value is -2.53. The van der Waals surface area contributed by atoms with Crippen molar-refractivity contribution in [2.45, 2.75) is 0 Å². The number of aromatic carboxylic acids is 1. The Labute approximate surface area is 129 Å². The van der Waals surface area contributed by atoms with Crippen LogP contribution in [0.1, 0.15) is 10.4 Å². The standard InChI is InChI=1S/C17H20N2O3/c1-19(2)9-10-22-14-6-3-12(4-7-14)13-5-8-16(18)15(11-13)17(20)21/h3-8,11H,9-10,18H2,1-2H3,(H,20,21). The number of ether oxygens (including phenoxy) is 1. The summed E-state index contributed by atoms with van der Waals surface area (Å²) in [6, 6.07) is 12.4. The van der Waals surface area contributed by atoms with Crippen LogP contribution in [0.15, 0.2) is 42.5 Å². The maximum absolute atomic E-state index is 11.0. The normalized spacial score (nSPS) is 10.7. The van der Waals surface area contributed by atoms with Crippen LogP contribution >= 0.6 is 0 Å². The van der Waals surface area contributed by atoms with Gasteiger partial charge in [-0.1, -0.05) is 18.2 Å². The maximum Gasteiger partial charge on any atom is 0.137 e. The van der Waals surface area contributed by atoms with Gasteiger partial charge in [0.15, 0.2) is 0 Å². The zero-order valence-electron chi connectivity index (χ0n) is 12.8. The molecule has 0 unspecified atom stereocenters.